The predicted molar refractivity (Wildman–Crippen MR) is 379 cm³/mol. The maximum absolute atomic E-state index is 14.0. The second-order valence-corrected chi connectivity index (χ2v) is 33.8. The molecule has 33 heteroatoms. The molecular formula is C70H87N10O19S4+. The zero-order chi connectivity index (χ0) is 74.4. The van der Waals surface area contributed by atoms with Crippen LogP contribution in [0, 0.1) is 0 Å². The highest BCUT2D eigenvalue weighted by Gasteiger charge is 2.47. The minimum atomic E-state index is -4.61. The number of aromatic nitrogens is 4. The van der Waals surface area contributed by atoms with Gasteiger partial charge in [0.15, 0.2) is 17.2 Å². The first-order valence-corrected chi connectivity index (χ1v) is 40.4. The first-order chi connectivity index (χ1) is 48.6. The fourth-order valence-corrected chi connectivity index (χ4v) is 16.4. The number of carboxylic acid groups (broad SMARTS) is 1. The third kappa shape index (κ3) is 19.1. The number of nitrogens with zero attached hydrogens (tertiary/aromatic N) is 6. The van der Waals surface area contributed by atoms with Gasteiger partial charge < -0.3 is 35.4 Å². The molecule has 2 fully saturated rings. The van der Waals surface area contributed by atoms with Crippen LogP contribution in [0.4, 0.5) is 11.4 Å². The summed E-state index contributed by atoms with van der Waals surface area (Å²) < 4.78 is 144. The van der Waals surface area contributed by atoms with Gasteiger partial charge in [0.1, 0.15) is 24.2 Å². The normalized spacial score (nSPS) is 19.3. The summed E-state index contributed by atoms with van der Waals surface area (Å²) in [6, 6.07) is 13.6. The van der Waals surface area contributed by atoms with Crippen LogP contribution in [0.2, 0.25) is 0 Å². The fraction of sp³-hybridized carbons (Fsp3) is 0.471. The van der Waals surface area contributed by atoms with Crippen LogP contribution in [-0.4, -0.2) is 178 Å². The lowest BCUT2D eigenvalue weighted by atomic mass is 9.79. The van der Waals surface area contributed by atoms with Crippen molar-refractivity contribution in [2.75, 3.05) is 42.6 Å². The average molecular weight is 1500 g/mol. The van der Waals surface area contributed by atoms with Crippen LogP contribution < -0.4 is 20.9 Å². The SMILES string of the molecule is CC1(C)C(/C=C/C2=C(c3cccc(CCCCC(=O)NCCCC[C@H](NC(=O)[C@@H]4C[C@@H](NC(=O)c5cn[nH]n5)CN4C(=O)c4cnoc4C4CC4)C(=O)O)c3)C(=C/C=C3\N(CCCCS(=O)(=O)O)c4ccc(S(=O)(=O)O)cc4C3(C)C)/CCC2)=[N+](CCCCS(=O)(=O)O)c2ccc(S(=O)(=O)O)cc21. The molecule has 5 aromatic rings. The van der Waals surface area contributed by atoms with Crippen molar-refractivity contribution in [2.45, 2.75) is 182 Å². The number of unbranched alkanes of at least 4 members (excludes halogenated alkanes) is 4. The van der Waals surface area contributed by atoms with Crippen LogP contribution in [0.15, 0.2) is 129 Å². The molecule has 9 N–H and O–H groups in total. The van der Waals surface area contributed by atoms with Gasteiger partial charge >= 0.3 is 5.97 Å². The maximum Gasteiger partial charge on any atom is 0.326 e. The second-order valence-electron chi connectivity index (χ2n) is 27.8. The van der Waals surface area contributed by atoms with E-state index in [0.29, 0.717) is 106 Å². The number of aliphatic carboxylic acids is 1. The van der Waals surface area contributed by atoms with Gasteiger partial charge in [-0.15, -0.1) is 0 Å². The molecule has 103 heavy (non-hydrogen) atoms. The van der Waals surface area contributed by atoms with E-state index in [1.807, 2.05) is 79.7 Å². The van der Waals surface area contributed by atoms with Crippen molar-refractivity contribution in [3.8, 4) is 0 Å². The number of aryl methyl sites for hydroxylation is 1. The van der Waals surface area contributed by atoms with Gasteiger partial charge in [-0.1, -0.05) is 55.4 Å². The molecule has 2 aromatic heterocycles. The first-order valence-electron chi connectivity index (χ1n) is 34.3. The molecule has 3 atom stereocenters. The van der Waals surface area contributed by atoms with E-state index < -0.39 is 105 Å². The Balaban J connectivity index is 0.843. The summed E-state index contributed by atoms with van der Waals surface area (Å²) in [6.45, 7) is 8.45. The minimum absolute atomic E-state index is 0.00148. The van der Waals surface area contributed by atoms with Crippen LogP contribution in [-0.2, 0) is 72.1 Å². The van der Waals surface area contributed by atoms with E-state index >= 15 is 0 Å². The molecule has 0 spiro atoms. The highest BCUT2D eigenvalue weighted by atomic mass is 32.2. The zero-order valence-electron chi connectivity index (χ0n) is 57.6. The van der Waals surface area contributed by atoms with E-state index in [1.54, 1.807) is 12.1 Å². The molecule has 3 aliphatic heterocycles. The Bertz CT molecular complexity index is 4730. The monoisotopic (exact) mass is 1500 g/mol. The molecule has 0 radical (unpaired) electrons. The molecule has 554 valence electrons. The molecule has 1 saturated carbocycles. The second kappa shape index (κ2) is 31.8. The molecule has 2 aliphatic carbocycles. The van der Waals surface area contributed by atoms with Gasteiger partial charge in [0.2, 0.25) is 17.5 Å². The van der Waals surface area contributed by atoms with Crippen molar-refractivity contribution in [3.63, 3.8) is 0 Å². The fourth-order valence-electron chi connectivity index (χ4n) is 14.2. The summed E-state index contributed by atoms with van der Waals surface area (Å²) in [6.07, 6.45) is 17.6. The Morgan fingerprint density at radius 3 is 2.17 bits per heavy atom. The Kier molecular flexibility index (Phi) is 23.8. The third-order valence-corrected chi connectivity index (χ3v) is 22.9. The highest BCUT2D eigenvalue weighted by Crippen LogP contribution is 2.50. The number of carbonyl (C=O) groups excluding carboxylic acids is 4. The topological polar surface area (TPSA) is 436 Å². The molecule has 0 unspecified atom stereocenters. The summed E-state index contributed by atoms with van der Waals surface area (Å²) in [5, 5.41) is 32.2. The van der Waals surface area contributed by atoms with Gasteiger partial charge in [0.05, 0.1) is 39.1 Å². The van der Waals surface area contributed by atoms with Gasteiger partial charge in [0, 0.05) is 78.9 Å². The van der Waals surface area contributed by atoms with E-state index in [1.165, 1.54) is 41.6 Å². The average Bonchev–Trinajstić information content (AvgIpc) is 1.59. The van der Waals surface area contributed by atoms with Crippen LogP contribution in [0.5, 0.6) is 0 Å². The number of hydrogen-bond donors (Lipinski definition) is 9. The number of amides is 4. The lowest BCUT2D eigenvalue weighted by Gasteiger charge is -2.28. The molecule has 1 saturated heterocycles. The van der Waals surface area contributed by atoms with Gasteiger partial charge in [-0.25, -0.2) is 4.79 Å². The number of carbonyl (C=O) groups is 5. The molecular weight excluding hydrogens is 1410 g/mol. The van der Waals surface area contributed by atoms with Gasteiger partial charge in [0.25, 0.3) is 52.3 Å². The number of benzene rings is 3. The number of likely N-dealkylation sites (tertiary alicyclic amines) is 1. The standard InChI is InChI=1S/C70H86N10O19S4/c1-69(2)53-39-50(102(93,94)95)26-28-57(53)78(33-9-11-35-100(87,88)89)60(69)30-24-45-17-14-18-46(25-31-61-70(3,4)54-40-51(103(96,97)98)27-29-58(54)79(61)34-10-12-36-101(90,91)92)63(45)48-19-13-16-44(37-48)15-5-6-21-62(81)71-32-8-7-20-55(68(85)86)75-66(83)59-38-49(74-65(82)56-42-72-77-76-56)43-80(59)67(84)52-41-73-99-64(52)47-22-23-47/h13,16,19,24-31,37,39-42,47,49,55,59H,5-12,14-15,17-18,20-23,32-36,38,43H2,1-4H3,(H8-,71,72,74,75,76,77,81,82,83,85,86,87,88,89,90,91,92,93,94,95,96,97,98)/p+1/t49-,55+,59+/m1/s1. The van der Waals surface area contributed by atoms with E-state index in [0.717, 1.165) is 52.1 Å². The van der Waals surface area contributed by atoms with E-state index in [9.17, 15) is 81.0 Å². The summed E-state index contributed by atoms with van der Waals surface area (Å²) in [5.74, 6) is -3.84. The van der Waals surface area contributed by atoms with Crippen molar-refractivity contribution >= 4 is 92.7 Å². The minimum Gasteiger partial charge on any atom is -0.480 e. The molecule has 5 aliphatic rings. The van der Waals surface area contributed by atoms with E-state index in [2.05, 4.69) is 42.6 Å². The summed E-state index contributed by atoms with van der Waals surface area (Å²) in [4.78, 5) is 69.4. The number of H-pyrrole nitrogens is 1. The molecule has 29 nitrogen and oxygen atoms in total. The molecule has 5 heterocycles. The van der Waals surface area contributed by atoms with Gasteiger partial charge in [-0.2, -0.15) is 53.7 Å². The third-order valence-electron chi connectivity index (χ3n) is 19.6. The van der Waals surface area contributed by atoms with Gasteiger partial charge in [-0.05, 0) is 180 Å². The van der Waals surface area contributed by atoms with Crippen molar-refractivity contribution in [1.29, 1.82) is 0 Å². The van der Waals surface area contributed by atoms with Crippen LogP contribution >= 0.6 is 0 Å². The lowest BCUT2D eigenvalue weighted by molar-refractivity contribution is -0.438. The molecule has 4 amide bonds. The number of fused-ring (bicyclic) bond motifs is 2. The molecule has 0 bridgehead atoms. The Hall–Kier alpha value is -8.57. The Morgan fingerprint density at radius 2 is 1.49 bits per heavy atom. The van der Waals surface area contributed by atoms with E-state index in [4.69, 9.17) is 4.52 Å². The maximum atomic E-state index is 14.0. The number of allylic oxidation sites excluding steroid dienone is 8. The van der Waals surface area contributed by atoms with Gasteiger partial charge in [-0.3, -0.25) is 37.4 Å². The lowest BCUT2D eigenvalue weighted by Crippen LogP contribution is -2.51. The first kappa shape index (κ1) is 77.1. The number of carboxylic acids is 1. The number of anilines is 1. The zero-order valence-corrected chi connectivity index (χ0v) is 60.8. The van der Waals surface area contributed by atoms with Crippen molar-refractivity contribution in [1.82, 2.24) is 41.4 Å². The van der Waals surface area contributed by atoms with Crippen LogP contribution in [0.3, 0.4) is 0 Å². The highest BCUT2D eigenvalue weighted by molar-refractivity contribution is 7.86. The summed E-state index contributed by atoms with van der Waals surface area (Å²) in [7, 11) is -17.7. The molecule has 10 rings (SSSR count). The number of aromatic amines is 1. The smallest absolute Gasteiger partial charge is 0.326 e. The largest absolute Gasteiger partial charge is 0.480 e. The number of hydrogen-bond acceptors (Lipinski definition) is 18. The number of nitrogens with one attached hydrogen (secondary N) is 4. The molecule has 3 aromatic carbocycles. The van der Waals surface area contributed by atoms with Crippen molar-refractivity contribution in [3.05, 3.63) is 153 Å². The Morgan fingerprint density at radius 1 is 0.777 bits per heavy atom. The van der Waals surface area contributed by atoms with Crippen molar-refractivity contribution < 1.29 is 90.1 Å². The Labute approximate surface area is 598 Å². The summed E-state index contributed by atoms with van der Waals surface area (Å²) >= 11 is 0. The van der Waals surface area contributed by atoms with E-state index in [-0.39, 0.29) is 78.1 Å². The van der Waals surface area contributed by atoms with Crippen LogP contribution in [0.25, 0.3) is 5.57 Å². The van der Waals surface area contributed by atoms with Crippen LogP contribution in [0.1, 0.15) is 185 Å². The van der Waals surface area contributed by atoms with Crippen molar-refractivity contribution in [2.24, 2.45) is 0 Å². The summed E-state index contributed by atoms with van der Waals surface area (Å²) in [5.41, 5.74) is 7.09. The number of rotatable bonds is 33. The predicted octanol–water partition coefficient (Wildman–Crippen LogP) is 7.96. The quantitative estimate of drug-likeness (QED) is 0.0109.